The molecule has 0 saturated carbocycles. The molecule has 1 amide bonds. The van der Waals surface area contributed by atoms with Crippen molar-refractivity contribution in [1.82, 2.24) is 5.32 Å². The van der Waals surface area contributed by atoms with E-state index in [2.05, 4.69) is 31.3 Å². The molecule has 4 N–H and O–H groups in total. The standard InChI is InChI=1S/C54H105NO4/c1-3-5-7-9-11-13-15-17-19-21-23-25-27-29-30-32-34-36-38-40-42-44-46-48-52(57)51(50-56)55-54(59)53(58)49-47-45-43-41-39-37-35-33-31-28-26-24-22-20-18-16-14-12-10-8-6-4-2/h31,33,46,48,51-53,56-58H,3-30,32,34-45,47,49-50H2,1-2H3,(H,55,59)/b33-31-,48-46+. The van der Waals surface area contributed by atoms with Gasteiger partial charge in [0.1, 0.15) is 6.10 Å². The molecule has 0 aliphatic rings. The van der Waals surface area contributed by atoms with E-state index in [1.807, 2.05) is 6.08 Å². The fourth-order valence-electron chi connectivity index (χ4n) is 8.36. The Labute approximate surface area is 369 Å². The number of carbonyl (C=O) groups excluding carboxylic acids is 1. The predicted octanol–water partition coefficient (Wildman–Crippen LogP) is 16.1. The van der Waals surface area contributed by atoms with Crippen LogP contribution in [-0.4, -0.2) is 46.1 Å². The zero-order valence-corrected chi connectivity index (χ0v) is 39.9. The number of hydrogen-bond donors (Lipinski definition) is 4. The number of nitrogens with one attached hydrogen (secondary N) is 1. The van der Waals surface area contributed by atoms with E-state index >= 15 is 0 Å². The Hall–Kier alpha value is -1.17. The van der Waals surface area contributed by atoms with Crippen molar-refractivity contribution in [2.45, 2.75) is 308 Å². The van der Waals surface area contributed by atoms with Gasteiger partial charge in [-0.2, -0.15) is 0 Å². The van der Waals surface area contributed by atoms with Gasteiger partial charge in [0.2, 0.25) is 5.91 Å². The van der Waals surface area contributed by atoms with E-state index in [0.717, 1.165) is 32.1 Å². The van der Waals surface area contributed by atoms with E-state index in [9.17, 15) is 20.1 Å². The molecular weight excluding hydrogens is 727 g/mol. The van der Waals surface area contributed by atoms with Crippen LogP contribution in [0.5, 0.6) is 0 Å². The van der Waals surface area contributed by atoms with E-state index in [1.165, 1.54) is 238 Å². The lowest BCUT2D eigenvalue weighted by atomic mass is 10.0. The van der Waals surface area contributed by atoms with Crippen LogP contribution in [0.15, 0.2) is 24.3 Å². The van der Waals surface area contributed by atoms with Crippen LogP contribution < -0.4 is 5.32 Å². The summed E-state index contributed by atoms with van der Waals surface area (Å²) in [4.78, 5) is 12.5. The minimum absolute atomic E-state index is 0.363. The molecule has 0 radical (unpaired) electrons. The van der Waals surface area contributed by atoms with Crippen molar-refractivity contribution in [2.75, 3.05) is 6.61 Å². The van der Waals surface area contributed by atoms with Crippen LogP contribution in [0.3, 0.4) is 0 Å². The molecule has 5 heteroatoms. The van der Waals surface area contributed by atoms with E-state index in [1.54, 1.807) is 6.08 Å². The maximum Gasteiger partial charge on any atom is 0.249 e. The summed E-state index contributed by atoms with van der Waals surface area (Å²) in [7, 11) is 0. The van der Waals surface area contributed by atoms with Crippen LogP contribution in [-0.2, 0) is 4.79 Å². The molecule has 3 unspecified atom stereocenters. The summed E-state index contributed by atoms with van der Waals surface area (Å²) in [6.45, 7) is 4.21. The molecular formula is C54H105NO4. The number of aliphatic hydroxyl groups excluding tert-OH is 3. The van der Waals surface area contributed by atoms with Gasteiger partial charge in [0.15, 0.2) is 0 Å². The fraction of sp³-hybridized carbons (Fsp3) is 0.907. The summed E-state index contributed by atoms with van der Waals surface area (Å²) < 4.78 is 0. The Morgan fingerprint density at radius 1 is 0.407 bits per heavy atom. The van der Waals surface area contributed by atoms with Crippen LogP contribution in [0.1, 0.15) is 290 Å². The Kier molecular flexibility index (Phi) is 48.5. The molecule has 0 aliphatic heterocycles. The Morgan fingerprint density at radius 2 is 0.678 bits per heavy atom. The molecule has 3 atom stereocenters. The quantitative estimate of drug-likeness (QED) is 0.0363. The maximum absolute atomic E-state index is 12.5. The van der Waals surface area contributed by atoms with Gasteiger partial charge in [0, 0.05) is 0 Å². The molecule has 0 spiro atoms. The van der Waals surface area contributed by atoms with Gasteiger partial charge in [-0.1, -0.05) is 269 Å². The van der Waals surface area contributed by atoms with Crippen LogP contribution in [0.4, 0.5) is 0 Å². The van der Waals surface area contributed by atoms with E-state index < -0.39 is 24.2 Å². The van der Waals surface area contributed by atoms with Gasteiger partial charge >= 0.3 is 0 Å². The zero-order valence-electron chi connectivity index (χ0n) is 39.9. The summed E-state index contributed by atoms with van der Waals surface area (Å²) in [6, 6.07) is -0.799. The zero-order chi connectivity index (χ0) is 43.0. The van der Waals surface area contributed by atoms with Crippen LogP contribution in [0.25, 0.3) is 0 Å². The normalized spacial score (nSPS) is 13.5. The van der Waals surface area contributed by atoms with Crippen molar-refractivity contribution in [1.29, 1.82) is 0 Å². The van der Waals surface area contributed by atoms with E-state index in [0.29, 0.717) is 6.42 Å². The molecule has 0 heterocycles. The lowest BCUT2D eigenvalue weighted by Gasteiger charge is -2.21. The molecule has 0 saturated heterocycles. The largest absolute Gasteiger partial charge is 0.394 e. The number of rotatable bonds is 49. The van der Waals surface area contributed by atoms with Crippen molar-refractivity contribution in [2.24, 2.45) is 0 Å². The molecule has 0 fully saturated rings. The first-order valence-corrected chi connectivity index (χ1v) is 26.7. The lowest BCUT2D eigenvalue weighted by Crippen LogP contribution is -2.48. The third-order valence-corrected chi connectivity index (χ3v) is 12.5. The first-order chi connectivity index (χ1) is 29.1. The number of hydrogen-bond acceptors (Lipinski definition) is 4. The van der Waals surface area contributed by atoms with Gasteiger partial charge in [-0.05, 0) is 44.9 Å². The van der Waals surface area contributed by atoms with E-state index in [-0.39, 0.29) is 6.61 Å². The Morgan fingerprint density at radius 3 is 0.983 bits per heavy atom. The molecule has 59 heavy (non-hydrogen) atoms. The van der Waals surface area contributed by atoms with Crippen molar-refractivity contribution >= 4 is 5.91 Å². The summed E-state index contributed by atoms with van der Waals surface area (Å²) in [5.74, 6) is -0.504. The first-order valence-electron chi connectivity index (χ1n) is 26.7. The van der Waals surface area contributed by atoms with Gasteiger partial charge in [-0.25, -0.2) is 0 Å². The molecule has 0 aromatic rings. The predicted molar refractivity (Wildman–Crippen MR) is 259 cm³/mol. The second-order valence-corrected chi connectivity index (χ2v) is 18.4. The lowest BCUT2D eigenvalue weighted by molar-refractivity contribution is -0.131. The molecule has 0 rings (SSSR count). The highest BCUT2D eigenvalue weighted by atomic mass is 16.3. The van der Waals surface area contributed by atoms with Crippen molar-refractivity contribution in [3.8, 4) is 0 Å². The molecule has 5 nitrogen and oxygen atoms in total. The SMILES string of the molecule is CCCCCCCCCCCCCC/C=C\CCCCCCCCC(O)C(=O)NC(CO)C(O)/C=C/CCCCCCCCCCCCCCCCCCCCCCC. The van der Waals surface area contributed by atoms with Gasteiger partial charge in [0.25, 0.3) is 0 Å². The minimum Gasteiger partial charge on any atom is -0.394 e. The molecule has 0 aliphatic carbocycles. The third-order valence-electron chi connectivity index (χ3n) is 12.5. The summed E-state index contributed by atoms with van der Waals surface area (Å²) >= 11 is 0. The van der Waals surface area contributed by atoms with Crippen LogP contribution in [0, 0.1) is 0 Å². The molecule has 0 bridgehead atoms. The van der Waals surface area contributed by atoms with Gasteiger partial charge in [-0.3, -0.25) is 4.79 Å². The van der Waals surface area contributed by atoms with Crippen molar-refractivity contribution < 1.29 is 20.1 Å². The van der Waals surface area contributed by atoms with Gasteiger partial charge < -0.3 is 20.6 Å². The number of aliphatic hydroxyl groups is 3. The Balaban J connectivity index is 3.60. The molecule has 0 aromatic heterocycles. The topological polar surface area (TPSA) is 89.8 Å². The second kappa shape index (κ2) is 49.5. The monoisotopic (exact) mass is 832 g/mol. The highest BCUT2D eigenvalue weighted by molar-refractivity contribution is 5.80. The van der Waals surface area contributed by atoms with Crippen LogP contribution in [0.2, 0.25) is 0 Å². The number of carbonyl (C=O) groups is 1. The van der Waals surface area contributed by atoms with Gasteiger partial charge in [0.05, 0.1) is 18.8 Å². The summed E-state index contributed by atoms with van der Waals surface area (Å²) in [5.41, 5.74) is 0. The van der Waals surface area contributed by atoms with E-state index in [4.69, 9.17) is 0 Å². The van der Waals surface area contributed by atoms with Crippen molar-refractivity contribution in [3.63, 3.8) is 0 Å². The number of allylic oxidation sites excluding steroid dienone is 3. The Bertz CT molecular complexity index is 874. The fourth-order valence-corrected chi connectivity index (χ4v) is 8.36. The van der Waals surface area contributed by atoms with Crippen molar-refractivity contribution in [3.05, 3.63) is 24.3 Å². The average Bonchev–Trinajstić information content (AvgIpc) is 3.24. The molecule has 0 aromatic carbocycles. The highest BCUT2D eigenvalue weighted by Crippen LogP contribution is 2.17. The van der Waals surface area contributed by atoms with Gasteiger partial charge in [-0.15, -0.1) is 0 Å². The summed E-state index contributed by atoms with van der Waals surface area (Å²) in [6.07, 6.45) is 62.4. The number of amides is 1. The van der Waals surface area contributed by atoms with Crippen LogP contribution >= 0.6 is 0 Å². The second-order valence-electron chi connectivity index (χ2n) is 18.4. The summed E-state index contributed by atoms with van der Waals surface area (Å²) in [5, 5.41) is 33.3. The average molecular weight is 832 g/mol. The minimum atomic E-state index is -1.10. The smallest absolute Gasteiger partial charge is 0.249 e. The highest BCUT2D eigenvalue weighted by Gasteiger charge is 2.22. The third kappa shape index (κ3) is 44.7. The first kappa shape index (κ1) is 57.8. The molecule has 350 valence electrons. The number of unbranched alkanes of at least 4 members (excludes halogenated alkanes) is 39. The maximum atomic E-state index is 12.5.